The molecule has 0 saturated carbocycles. The van der Waals surface area contributed by atoms with Crippen molar-refractivity contribution >= 4 is 0 Å². The van der Waals surface area contributed by atoms with Crippen LogP contribution < -0.4 is 0 Å². The molecule has 14 heavy (non-hydrogen) atoms. The maximum atomic E-state index is 9.33. The zero-order chi connectivity index (χ0) is 10.9. The predicted octanol–water partition coefficient (Wildman–Crippen LogP) is 2.49. The molecule has 0 bridgehead atoms. The summed E-state index contributed by atoms with van der Waals surface area (Å²) < 4.78 is 0. The summed E-state index contributed by atoms with van der Waals surface area (Å²) in [7, 11) is 0. The number of phenolic OH excluding ortho intramolecular Hbond substituents is 3. The molecule has 0 unspecified atom stereocenters. The molecule has 0 aliphatic carbocycles. The third-order valence-corrected chi connectivity index (χ3v) is 2.74. The fraction of sp³-hybridized carbons (Fsp3) is 0.455. The highest BCUT2D eigenvalue weighted by Crippen LogP contribution is 2.39. The molecule has 1 rings (SSSR count). The van der Waals surface area contributed by atoms with Gasteiger partial charge in [-0.25, -0.2) is 0 Å². The summed E-state index contributed by atoms with van der Waals surface area (Å²) in [4.78, 5) is 0. The largest absolute Gasteiger partial charge is 0.504 e. The van der Waals surface area contributed by atoms with Crippen LogP contribution in [0.15, 0.2) is 12.1 Å². The van der Waals surface area contributed by atoms with Crippen LogP contribution in [-0.2, 0) is 5.41 Å². The molecule has 0 aliphatic rings. The van der Waals surface area contributed by atoms with Crippen LogP contribution in [0, 0.1) is 0 Å². The number of aromatic hydroxyl groups is 3. The van der Waals surface area contributed by atoms with Gasteiger partial charge in [-0.3, -0.25) is 0 Å². The minimum Gasteiger partial charge on any atom is -0.504 e. The molecular formula is C11H16O3. The second-order valence-electron chi connectivity index (χ2n) is 4.10. The van der Waals surface area contributed by atoms with Crippen molar-refractivity contribution in [2.24, 2.45) is 0 Å². The molecule has 0 aliphatic heterocycles. The molecule has 0 radical (unpaired) electrons. The summed E-state index contributed by atoms with van der Waals surface area (Å²) in [5.41, 5.74) is 0.690. The van der Waals surface area contributed by atoms with Crippen molar-refractivity contribution in [3.63, 3.8) is 0 Å². The molecule has 0 amide bonds. The van der Waals surface area contributed by atoms with Gasteiger partial charge in [-0.15, -0.1) is 0 Å². The standard InChI is InChI=1S/C11H16O3/c1-4-11(2,3)7-5-8(12)10(14)9(13)6-7/h5-6,12-14H,4H2,1-3H3. The van der Waals surface area contributed by atoms with Gasteiger partial charge in [0.05, 0.1) is 0 Å². The van der Waals surface area contributed by atoms with Crippen molar-refractivity contribution in [1.29, 1.82) is 0 Å². The van der Waals surface area contributed by atoms with Crippen LogP contribution in [0.3, 0.4) is 0 Å². The Morgan fingerprint density at radius 2 is 1.50 bits per heavy atom. The van der Waals surface area contributed by atoms with Gasteiger partial charge in [0.15, 0.2) is 17.2 Å². The second-order valence-corrected chi connectivity index (χ2v) is 4.10. The van der Waals surface area contributed by atoms with Crippen LogP contribution >= 0.6 is 0 Å². The van der Waals surface area contributed by atoms with Gasteiger partial charge in [0.2, 0.25) is 0 Å². The summed E-state index contributed by atoms with van der Waals surface area (Å²) in [6.45, 7) is 6.05. The predicted molar refractivity (Wildman–Crippen MR) is 54.8 cm³/mol. The van der Waals surface area contributed by atoms with Gasteiger partial charge in [-0.1, -0.05) is 20.8 Å². The molecule has 0 aromatic heterocycles. The number of hydrogen-bond acceptors (Lipinski definition) is 3. The van der Waals surface area contributed by atoms with E-state index < -0.39 is 5.75 Å². The van der Waals surface area contributed by atoms with Gasteiger partial charge in [0.1, 0.15) is 0 Å². The van der Waals surface area contributed by atoms with E-state index in [9.17, 15) is 10.2 Å². The number of hydrogen-bond donors (Lipinski definition) is 3. The number of phenols is 3. The van der Waals surface area contributed by atoms with Gasteiger partial charge < -0.3 is 15.3 Å². The molecule has 0 fully saturated rings. The third-order valence-electron chi connectivity index (χ3n) is 2.74. The lowest BCUT2D eigenvalue weighted by atomic mass is 9.82. The molecule has 0 spiro atoms. The van der Waals surface area contributed by atoms with Crippen LogP contribution in [0.4, 0.5) is 0 Å². The first-order valence-electron chi connectivity index (χ1n) is 4.64. The first kappa shape index (κ1) is 10.7. The van der Waals surface area contributed by atoms with E-state index in [0.29, 0.717) is 0 Å². The maximum absolute atomic E-state index is 9.33. The summed E-state index contributed by atoms with van der Waals surface area (Å²) in [6, 6.07) is 2.97. The molecule has 3 nitrogen and oxygen atoms in total. The molecule has 0 saturated heterocycles. The normalized spacial score (nSPS) is 11.6. The lowest BCUT2D eigenvalue weighted by Crippen LogP contribution is -2.15. The Hall–Kier alpha value is -1.38. The Bertz CT molecular complexity index is 319. The average molecular weight is 196 g/mol. The SMILES string of the molecule is CCC(C)(C)c1cc(O)c(O)c(O)c1. The molecule has 78 valence electrons. The highest BCUT2D eigenvalue weighted by atomic mass is 16.3. The van der Waals surface area contributed by atoms with Crippen molar-refractivity contribution in [3.8, 4) is 17.2 Å². The Morgan fingerprint density at radius 3 is 1.86 bits per heavy atom. The van der Waals surface area contributed by atoms with Crippen LogP contribution in [0.5, 0.6) is 17.2 Å². The molecular weight excluding hydrogens is 180 g/mol. The first-order chi connectivity index (χ1) is 6.38. The van der Waals surface area contributed by atoms with E-state index in [-0.39, 0.29) is 16.9 Å². The zero-order valence-corrected chi connectivity index (χ0v) is 8.70. The summed E-state index contributed by atoms with van der Waals surface area (Å²) >= 11 is 0. The van der Waals surface area contributed by atoms with Crippen molar-refractivity contribution in [2.75, 3.05) is 0 Å². The molecule has 0 heterocycles. The smallest absolute Gasteiger partial charge is 0.200 e. The van der Waals surface area contributed by atoms with E-state index in [1.165, 1.54) is 12.1 Å². The first-order valence-corrected chi connectivity index (χ1v) is 4.64. The fourth-order valence-electron chi connectivity index (χ4n) is 1.20. The van der Waals surface area contributed by atoms with E-state index in [0.717, 1.165) is 12.0 Å². The topological polar surface area (TPSA) is 60.7 Å². The highest BCUT2D eigenvalue weighted by molar-refractivity contribution is 5.52. The Labute approximate surface area is 83.6 Å². The average Bonchev–Trinajstić information content (AvgIpc) is 2.13. The van der Waals surface area contributed by atoms with Crippen molar-refractivity contribution < 1.29 is 15.3 Å². The van der Waals surface area contributed by atoms with Gasteiger partial charge in [-0.2, -0.15) is 0 Å². The minimum atomic E-state index is -0.458. The monoisotopic (exact) mass is 196 g/mol. The molecule has 3 N–H and O–H groups in total. The number of rotatable bonds is 2. The van der Waals surface area contributed by atoms with Crippen LogP contribution in [-0.4, -0.2) is 15.3 Å². The highest BCUT2D eigenvalue weighted by Gasteiger charge is 2.21. The van der Waals surface area contributed by atoms with Gasteiger partial charge in [0, 0.05) is 0 Å². The minimum absolute atomic E-state index is 0.122. The van der Waals surface area contributed by atoms with Crippen molar-refractivity contribution in [2.45, 2.75) is 32.6 Å². The van der Waals surface area contributed by atoms with E-state index in [4.69, 9.17) is 5.11 Å². The lowest BCUT2D eigenvalue weighted by molar-refractivity contribution is 0.364. The van der Waals surface area contributed by atoms with E-state index >= 15 is 0 Å². The second kappa shape index (κ2) is 3.40. The quantitative estimate of drug-likeness (QED) is 0.637. The van der Waals surface area contributed by atoms with E-state index in [2.05, 4.69) is 0 Å². The lowest BCUT2D eigenvalue weighted by Gasteiger charge is -2.23. The maximum Gasteiger partial charge on any atom is 0.200 e. The zero-order valence-electron chi connectivity index (χ0n) is 8.70. The third kappa shape index (κ3) is 1.76. The van der Waals surface area contributed by atoms with Crippen LogP contribution in [0.25, 0.3) is 0 Å². The molecule has 3 heteroatoms. The van der Waals surface area contributed by atoms with Crippen molar-refractivity contribution in [1.82, 2.24) is 0 Å². The van der Waals surface area contributed by atoms with Crippen molar-refractivity contribution in [3.05, 3.63) is 17.7 Å². The van der Waals surface area contributed by atoms with Crippen LogP contribution in [0.1, 0.15) is 32.8 Å². The summed E-state index contributed by atoms with van der Waals surface area (Å²) in [5.74, 6) is -1.01. The summed E-state index contributed by atoms with van der Waals surface area (Å²) in [6.07, 6.45) is 0.886. The van der Waals surface area contributed by atoms with Gasteiger partial charge in [-0.05, 0) is 29.5 Å². The van der Waals surface area contributed by atoms with Crippen LogP contribution in [0.2, 0.25) is 0 Å². The molecule has 1 aromatic rings. The Morgan fingerprint density at radius 1 is 1.07 bits per heavy atom. The number of benzene rings is 1. The van der Waals surface area contributed by atoms with E-state index in [1.54, 1.807) is 0 Å². The Balaban J connectivity index is 3.26. The fourth-order valence-corrected chi connectivity index (χ4v) is 1.20. The van der Waals surface area contributed by atoms with Gasteiger partial charge >= 0.3 is 0 Å². The van der Waals surface area contributed by atoms with Gasteiger partial charge in [0.25, 0.3) is 0 Å². The van der Waals surface area contributed by atoms with E-state index in [1.807, 2.05) is 20.8 Å². The summed E-state index contributed by atoms with van der Waals surface area (Å²) in [5, 5.41) is 27.8. The molecule has 0 atom stereocenters. The Kier molecular flexibility index (Phi) is 2.60. The molecule has 1 aromatic carbocycles.